The van der Waals surface area contributed by atoms with E-state index in [0.29, 0.717) is 5.69 Å². The third-order valence-corrected chi connectivity index (χ3v) is 3.45. The second kappa shape index (κ2) is 6.95. The maximum Gasteiger partial charge on any atom is 0.250 e. The Balaban J connectivity index is 2.09. The third-order valence-electron chi connectivity index (χ3n) is 2.98. The molecular weight excluding hydrogens is 334 g/mol. The molecular formula is C15H12BrN3O2. The van der Waals surface area contributed by atoms with Gasteiger partial charge in [0.2, 0.25) is 0 Å². The van der Waals surface area contributed by atoms with Crippen LogP contribution in [0.15, 0.2) is 52.0 Å². The molecule has 1 atom stereocenters. The number of rotatable bonds is 5. The highest BCUT2D eigenvalue weighted by molar-refractivity contribution is 9.10. The Morgan fingerprint density at radius 1 is 1.38 bits per heavy atom. The van der Waals surface area contributed by atoms with Crippen molar-refractivity contribution in [2.24, 2.45) is 0 Å². The van der Waals surface area contributed by atoms with Gasteiger partial charge in [-0.2, -0.15) is 5.26 Å². The van der Waals surface area contributed by atoms with E-state index in [1.165, 1.54) is 10.6 Å². The number of aryl methyl sites for hydroxylation is 1. The molecule has 0 saturated heterocycles. The molecule has 0 aliphatic carbocycles. The van der Waals surface area contributed by atoms with Gasteiger partial charge in [0.15, 0.2) is 5.78 Å². The van der Waals surface area contributed by atoms with Crippen molar-refractivity contribution in [3.8, 4) is 6.07 Å². The Morgan fingerprint density at radius 3 is 2.86 bits per heavy atom. The normalized spacial score (nSPS) is 11.6. The van der Waals surface area contributed by atoms with Crippen LogP contribution in [0.5, 0.6) is 0 Å². The van der Waals surface area contributed by atoms with Crippen LogP contribution in [0, 0.1) is 11.3 Å². The molecule has 106 valence electrons. The Morgan fingerprint density at radius 2 is 2.19 bits per heavy atom. The number of carbonyl (C=O) groups is 1. The van der Waals surface area contributed by atoms with Crippen molar-refractivity contribution in [2.45, 2.75) is 18.9 Å². The maximum absolute atomic E-state index is 12.2. The van der Waals surface area contributed by atoms with Gasteiger partial charge in [0, 0.05) is 35.9 Å². The van der Waals surface area contributed by atoms with Crippen molar-refractivity contribution in [3.63, 3.8) is 0 Å². The molecule has 0 unspecified atom stereocenters. The lowest BCUT2D eigenvalue weighted by atomic mass is 9.99. The molecule has 5 nitrogen and oxygen atoms in total. The van der Waals surface area contributed by atoms with Crippen LogP contribution in [0.25, 0.3) is 0 Å². The van der Waals surface area contributed by atoms with Crippen molar-refractivity contribution >= 4 is 21.7 Å². The Labute approximate surface area is 130 Å². The molecule has 0 fully saturated rings. The lowest BCUT2D eigenvalue weighted by Crippen LogP contribution is -2.21. The highest BCUT2D eigenvalue weighted by Gasteiger charge is 2.20. The van der Waals surface area contributed by atoms with E-state index in [1.807, 2.05) is 6.07 Å². The first-order valence-electron chi connectivity index (χ1n) is 6.31. The van der Waals surface area contributed by atoms with Gasteiger partial charge in [0.1, 0.15) is 5.92 Å². The highest BCUT2D eigenvalue weighted by Crippen LogP contribution is 2.15. The Kier molecular flexibility index (Phi) is 5.01. The number of hydrogen-bond donors (Lipinski definition) is 0. The monoisotopic (exact) mass is 345 g/mol. The fourth-order valence-electron chi connectivity index (χ4n) is 1.90. The fourth-order valence-corrected chi connectivity index (χ4v) is 2.28. The summed E-state index contributed by atoms with van der Waals surface area (Å²) >= 11 is 3.28. The average molecular weight is 346 g/mol. The minimum atomic E-state index is -0.894. The molecule has 0 aliphatic rings. The van der Waals surface area contributed by atoms with E-state index in [-0.39, 0.29) is 24.3 Å². The first kappa shape index (κ1) is 15.1. The molecule has 2 aromatic rings. The summed E-state index contributed by atoms with van der Waals surface area (Å²) in [5.74, 6) is -1.14. The minimum absolute atomic E-state index is 0.102. The summed E-state index contributed by atoms with van der Waals surface area (Å²) in [6.07, 6.45) is 3.27. The van der Waals surface area contributed by atoms with Crippen molar-refractivity contribution in [3.05, 3.63) is 63.2 Å². The molecule has 2 rings (SSSR count). The zero-order valence-corrected chi connectivity index (χ0v) is 12.7. The van der Waals surface area contributed by atoms with E-state index in [1.54, 1.807) is 36.7 Å². The zero-order valence-electron chi connectivity index (χ0n) is 11.1. The van der Waals surface area contributed by atoms with E-state index < -0.39 is 5.92 Å². The van der Waals surface area contributed by atoms with Gasteiger partial charge in [-0.1, -0.05) is 6.07 Å². The molecule has 0 radical (unpaired) electrons. The molecule has 6 heteroatoms. The number of hydrogen-bond acceptors (Lipinski definition) is 4. The zero-order chi connectivity index (χ0) is 15.2. The molecule has 0 bridgehead atoms. The molecule has 2 heterocycles. The second-order valence-corrected chi connectivity index (χ2v) is 5.33. The number of nitrogens with zero attached hydrogens (tertiary/aromatic N) is 3. The molecule has 0 saturated carbocycles. The van der Waals surface area contributed by atoms with Crippen LogP contribution in [-0.2, 0) is 11.3 Å². The van der Waals surface area contributed by atoms with Crippen LogP contribution in [0.2, 0.25) is 0 Å². The molecule has 0 spiro atoms. The lowest BCUT2D eigenvalue weighted by molar-refractivity contribution is -0.119. The number of pyridine rings is 2. The first-order valence-corrected chi connectivity index (χ1v) is 7.10. The second-order valence-electron chi connectivity index (χ2n) is 4.41. The third kappa shape index (κ3) is 3.86. The van der Waals surface area contributed by atoms with Crippen molar-refractivity contribution in [1.29, 1.82) is 5.26 Å². The standard InChI is InChI=1S/C15H12BrN3O2/c16-11-4-5-15(21)19(10-11)8-6-14(20)12(9-17)13-3-1-2-7-18-13/h1-5,7,10,12H,6,8H2/t12-/m0/s1. The first-order chi connectivity index (χ1) is 10.1. The van der Waals surface area contributed by atoms with E-state index >= 15 is 0 Å². The van der Waals surface area contributed by atoms with Gasteiger partial charge in [-0.05, 0) is 34.1 Å². The van der Waals surface area contributed by atoms with Gasteiger partial charge in [0.05, 0.1) is 11.8 Å². The van der Waals surface area contributed by atoms with E-state index in [0.717, 1.165) is 4.47 Å². The van der Waals surface area contributed by atoms with Crippen molar-refractivity contribution < 1.29 is 4.79 Å². The summed E-state index contributed by atoms with van der Waals surface area (Å²) in [5.41, 5.74) is 0.254. The van der Waals surface area contributed by atoms with Gasteiger partial charge in [-0.3, -0.25) is 14.6 Å². The van der Waals surface area contributed by atoms with Crippen LogP contribution in [0.1, 0.15) is 18.0 Å². The van der Waals surface area contributed by atoms with Crippen molar-refractivity contribution in [1.82, 2.24) is 9.55 Å². The number of carbonyl (C=O) groups excluding carboxylic acids is 1. The number of nitriles is 1. The molecule has 21 heavy (non-hydrogen) atoms. The lowest BCUT2D eigenvalue weighted by Gasteiger charge is -2.09. The number of halogens is 1. The molecule has 2 aromatic heterocycles. The Bertz CT molecular complexity index is 735. The van der Waals surface area contributed by atoms with E-state index in [2.05, 4.69) is 20.9 Å². The summed E-state index contributed by atoms with van der Waals surface area (Å²) in [6, 6.07) is 10.2. The van der Waals surface area contributed by atoms with Crippen LogP contribution < -0.4 is 5.56 Å². The number of aromatic nitrogens is 2. The van der Waals surface area contributed by atoms with Crippen LogP contribution in [0.4, 0.5) is 0 Å². The summed E-state index contributed by atoms with van der Waals surface area (Å²) in [7, 11) is 0. The number of ketones is 1. The summed E-state index contributed by atoms with van der Waals surface area (Å²) < 4.78 is 2.20. The summed E-state index contributed by atoms with van der Waals surface area (Å²) in [6.45, 7) is 0.238. The molecule has 0 aromatic carbocycles. The molecule has 0 N–H and O–H groups in total. The summed E-state index contributed by atoms with van der Waals surface area (Å²) in [4.78, 5) is 27.8. The predicted molar refractivity (Wildman–Crippen MR) is 80.6 cm³/mol. The average Bonchev–Trinajstić information content (AvgIpc) is 2.50. The molecule has 0 amide bonds. The van der Waals surface area contributed by atoms with Crippen LogP contribution in [0.3, 0.4) is 0 Å². The largest absolute Gasteiger partial charge is 0.314 e. The fraction of sp³-hybridized carbons (Fsp3) is 0.200. The van der Waals surface area contributed by atoms with Gasteiger partial charge < -0.3 is 4.57 Å². The van der Waals surface area contributed by atoms with E-state index in [9.17, 15) is 9.59 Å². The summed E-state index contributed by atoms with van der Waals surface area (Å²) in [5, 5.41) is 9.16. The van der Waals surface area contributed by atoms with Gasteiger partial charge in [-0.15, -0.1) is 0 Å². The Hall–Kier alpha value is -2.26. The smallest absolute Gasteiger partial charge is 0.250 e. The SMILES string of the molecule is N#C[C@H](C(=O)CCn1cc(Br)ccc1=O)c1ccccn1. The van der Waals surface area contributed by atoms with Gasteiger partial charge >= 0.3 is 0 Å². The number of Topliss-reactive ketones (excluding diaryl/α,β-unsaturated/α-hetero) is 1. The highest BCUT2D eigenvalue weighted by atomic mass is 79.9. The topological polar surface area (TPSA) is 75.8 Å². The quantitative estimate of drug-likeness (QED) is 0.832. The maximum atomic E-state index is 12.2. The predicted octanol–water partition coefficient (Wildman–Crippen LogP) is 2.27. The minimum Gasteiger partial charge on any atom is -0.314 e. The molecule has 0 aliphatic heterocycles. The van der Waals surface area contributed by atoms with Gasteiger partial charge in [0.25, 0.3) is 5.56 Å². The van der Waals surface area contributed by atoms with Crippen molar-refractivity contribution in [2.75, 3.05) is 0 Å². The van der Waals surface area contributed by atoms with Gasteiger partial charge in [-0.25, -0.2) is 0 Å². The van der Waals surface area contributed by atoms with Crippen LogP contribution >= 0.6 is 15.9 Å². The van der Waals surface area contributed by atoms with Crippen LogP contribution in [-0.4, -0.2) is 15.3 Å². The van der Waals surface area contributed by atoms with E-state index in [4.69, 9.17) is 5.26 Å².